The molecule has 0 bridgehead atoms. The van der Waals surface area contributed by atoms with Crippen LogP contribution in [0.1, 0.15) is 51.7 Å². The lowest BCUT2D eigenvalue weighted by molar-refractivity contribution is -0.140. The molecule has 4 heterocycles. The Labute approximate surface area is 297 Å². The standard InChI is InChI=1S/C16H13N3O4S.C13H8N2O3S.C3H7NO2.ClH/c1-23-13(20)7-18-15(22)12-8-24-16(19-12)14(21)10-6-17-11-5-3-2-4-9(10)11;16-11(12-15-10(6-19-12)13(17)18)8-5-14-9-4-2-1-3-7(8)9;1-6-3(5)2-4;/h2-6,8,17H,7H2,1H3,(H,18,22);1-6,14H,(H,17,18);2,4H2,1H3;1H. The van der Waals surface area contributed by atoms with Crippen LogP contribution in [0.3, 0.4) is 0 Å². The number of carbonyl (C=O) groups excluding carboxylic acids is 5. The molecule has 0 aliphatic heterocycles. The topological polar surface area (TPSA) is 237 Å². The summed E-state index contributed by atoms with van der Waals surface area (Å²) in [5.74, 6) is -3.13. The maximum absolute atomic E-state index is 12.6. The Balaban J connectivity index is 0.000000233. The molecule has 0 spiro atoms. The number of ketones is 2. The third-order valence-corrected chi connectivity index (χ3v) is 8.21. The summed E-state index contributed by atoms with van der Waals surface area (Å²) in [7, 11) is 2.53. The predicted molar refractivity (Wildman–Crippen MR) is 187 cm³/mol. The van der Waals surface area contributed by atoms with Gasteiger partial charge < -0.3 is 35.6 Å². The number of amides is 1. The normalized spacial score (nSPS) is 10.1. The van der Waals surface area contributed by atoms with Gasteiger partial charge in [-0.2, -0.15) is 0 Å². The second kappa shape index (κ2) is 18.1. The van der Waals surface area contributed by atoms with Crippen LogP contribution in [0.25, 0.3) is 21.8 Å². The number of aromatic carboxylic acids is 1. The van der Waals surface area contributed by atoms with Crippen LogP contribution in [-0.2, 0) is 19.1 Å². The van der Waals surface area contributed by atoms with Gasteiger partial charge in [0.1, 0.15) is 12.2 Å². The Kier molecular flexibility index (Phi) is 14.0. The number of nitrogens with two attached hydrogens (primary N) is 1. The average Bonchev–Trinajstić information content (AvgIpc) is 3.95. The summed E-state index contributed by atoms with van der Waals surface area (Å²) in [5.41, 5.74) is 7.51. The van der Waals surface area contributed by atoms with Crippen LogP contribution in [0.2, 0.25) is 0 Å². The highest BCUT2D eigenvalue weighted by molar-refractivity contribution is 7.12. The van der Waals surface area contributed by atoms with E-state index in [1.54, 1.807) is 12.4 Å². The van der Waals surface area contributed by atoms with Gasteiger partial charge in [0, 0.05) is 45.0 Å². The maximum Gasteiger partial charge on any atom is 0.355 e. The molecule has 2 aromatic carbocycles. The molecule has 0 unspecified atom stereocenters. The van der Waals surface area contributed by atoms with Crippen molar-refractivity contribution in [3.05, 3.63) is 104 Å². The van der Waals surface area contributed by atoms with Gasteiger partial charge in [-0.05, 0) is 12.1 Å². The fourth-order valence-electron chi connectivity index (χ4n) is 4.11. The van der Waals surface area contributed by atoms with Gasteiger partial charge in [0.15, 0.2) is 15.7 Å². The van der Waals surface area contributed by atoms with Crippen molar-refractivity contribution in [1.82, 2.24) is 25.3 Å². The number of methoxy groups -OCH3 is 2. The number of fused-ring (bicyclic) bond motifs is 2. The minimum atomic E-state index is -1.13. The fourth-order valence-corrected chi connectivity index (χ4v) is 5.60. The number of hydrogen-bond acceptors (Lipinski definition) is 13. The van der Waals surface area contributed by atoms with Crippen molar-refractivity contribution in [3.8, 4) is 0 Å². The number of halogens is 1. The van der Waals surface area contributed by atoms with Gasteiger partial charge in [0.05, 0.1) is 31.9 Å². The Bertz CT molecular complexity index is 2150. The summed E-state index contributed by atoms with van der Waals surface area (Å²) >= 11 is 2.12. The Morgan fingerprint density at radius 3 is 1.64 bits per heavy atom. The number of nitrogens with zero attached hydrogens (tertiary/aromatic N) is 2. The van der Waals surface area contributed by atoms with Gasteiger partial charge >= 0.3 is 17.9 Å². The molecule has 6 rings (SSSR count). The molecule has 0 saturated heterocycles. The van der Waals surface area contributed by atoms with E-state index in [9.17, 15) is 28.8 Å². The van der Waals surface area contributed by atoms with Crippen LogP contribution in [0.4, 0.5) is 0 Å². The zero-order valence-electron chi connectivity index (χ0n) is 26.3. The SMILES string of the molecule is COC(=O)CN.COC(=O)CNC(=O)c1csc(C(=O)c2c[nH]c3ccccc23)n1.Cl.O=C(O)c1csc(C(=O)c2c[nH]c3ccccc23)n1. The summed E-state index contributed by atoms with van der Waals surface area (Å²) < 4.78 is 8.58. The quantitative estimate of drug-likeness (QED) is 0.105. The lowest BCUT2D eigenvalue weighted by Crippen LogP contribution is -2.30. The van der Waals surface area contributed by atoms with Crippen molar-refractivity contribution in [2.24, 2.45) is 5.73 Å². The smallest absolute Gasteiger partial charge is 0.355 e. The van der Waals surface area contributed by atoms with Crippen LogP contribution in [0.5, 0.6) is 0 Å². The molecule has 18 heteroatoms. The number of thiazole rings is 2. The van der Waals surface area contributed by atoms with Crippen molar-refractivity contribution in [2.75, 3.05) is 27.3 Å². The molecule has 0 fully saturated rings. The van der Waals surface area contributed by atoms with Crippen LogP contribution < -0.4 is 11.1 Å². The Morgan fingerprint density at radius 1 is 0.760 bits per heavy atom. The molecule has 0 radical (unpaired) electrons. The second-order valence-electron chi connectivity index (χ2n) is 9.57. The molecule has 50 heavy (non-hydrogen) atoms. The molecule has 0 saturated carbocycles. The Hall–Kier alpha value is -5.75. The van der Waals surface area contributed by atoms with Gasteiger partial charge in [0.2, 0.25) is 11.6 Å². The summed E-state index contributed by atoms with van der Waals surface area (Å²) in [6.07, 6.45) is 3.25. The van der Waals surface area contributed by atoms with Gasteiger partial charge in [-0.3, -0.25) is 24.0 Å². The first kappa shape index (κ1) is 38.7. The molecule has 4 aromatic heterocycles. The first-order chi connectivity index (χ1) is 23.6. The lowest BCUT2D eigenvalue weighted by atomic mass is 10.1. The van der Waals surface area contributed by atoms with Crippen LogP contribution >= 0.6 is 35.1 Å². The van der Waals surface area contributed by atoms with Crippen LogP contribution in [0.15, 0.2) is 71.7 Å². The highest BCUT2D eigenvalue weighted by Crippen LogP contribution is 2.24. The minimum absolute atomic E-state index is 0. The largest absolute Gasteiger partial charge is 0.476 e. The number of hydrogen-bond donors (Lipinski definition) is 5. The summed E-state index contributed by atoms with van der Waals surface area (Å²) in [6.45, 7) is -0.283. The van der Waals surface area contributed by atoms with E-state index in [0.29, 0.717) is 11.1 Å². The molecular weight excluding hydrogens is 712 g/mol. The van der Waals surface area contributed by atoms with E-state index in [1.165, 1.54) is 25.0 Å². The van der Waals surface area contributed by atoms with Crippen molar-refractivity contribution in [2.45, 2.75) is 0 Å². The molecule has 6 N–H and O–H groups in total. The van der Waals surface area contributed by atoms with Crippen molar-refractivity contribution in [1.29, 1.82) is 0 Å². The molecule has 260 valence electrons. The van der Waals surface area contributed by atoms with Crippen molar-refractivity contribution in [3.63, 3.8) is 0 Å². The number of carboxylic acids is 1. The van der Waals surface area contributed by atoms with Crippen molar-refractivity contribution >= 4 is 92.3 Å². The number of aromatic nitrogens is 4. The van der Waals surface area contributed by atoms with Crippen LogP contribution in [0, 0.1) is 0 Å². The van der Waals surface area contributed by atoms with E-state index in [-0.39, 0.29) is 64.4 Å². The zero-order chi connectivity index (χ0) is 35.5. The molecule has 0 aliphatic rings. The van der Waals surface area contributed by atoms with Gasteiger partial charge in [0.25, 0.3) is 5.91 Å². The third kappa shape index (κ3) is 9.44. The number of ether oxygens (including phenoxy) is 2. The minimum Gasteiger partial charge on any atom is -0.476 e. The number of H-pyrrole nitrogens is 2. The number of carbonyl (C=O) groups is 6. The van der Waals surface area contributed by atoms with E-state index in [2.05, 4.69) is 34.7 Å². The summed E-state index contributed by atoms with van der Waals surface area (Å²) in [6, 6.07) is 14.9. The monoisotopic (exact) mass is 740 g/mol. The summed E-state index contributed by atoms with van der Waals surface area (Å²) in [5, 5.41) is 16.0. The number of rotatable bonds is 9. The van der Waals surface area contributed by atoms with Gasteiger partial charge in [-0.15, -0.1) is 35.1 Å². The van der Waals surface area contributed by atoms with Crippen LogP contribution in [-0.4, -0.2) is 87.7 Å². The number of carboxylic acid groups (broad SMARTS) is 1. The first-order valence-electron chi connectivity index (χ1n) is 14.1. The lowest BCUT2D eigenvalue weighted by Gasteiger charge is -2.00. The number of aromatic amines is 2. The van der Waals surface area contributed by atoms with E-state index in [0.717, 1.165) is 44.5 Å². The molecule has 6 aromatic rings. The van der Waals surface area contributed by atoms with Gasteiger partial charge in [-0.1, -0.05) is 36.4 Å². The third-order valence-electron chi connectivity index (χ3n) is 6.53. The molecular formula is C32H29ClN6O9S2. The van der Waals surface area contributed by atoms with E-state index in [4.69, 9.17) is 10.8 Å². The fraction of sp³-hybridized carbons (Fsp3) is 0.125. The van der Waals surface area contributed by atoms with E-state index >= 15 is 0 Å². The molecule has 0 aliphatic carbocycles. The highest BCUT2D eigenvalue weighted by Gasteiger charge is 2.21. The second-order valence-corrected chi connectivity index (χ2v) is 11.3. The molecule has 15 nitrogen and oxygen atoms in total. The average molecular weight is 741 g/mol. The molecule has 1 amide bonds. The highest BCUT2D eigenvalue weighted by atomic mass is 35.5. The van der Waals surface area contributed by atoms with E-state index < -0.39 is 17.8 Å². The Morgan fingerprint density at radius 2 is 1.22 bits per heavy atom. The zero-order valence-corrected chi connectivity index (χ0v) is 28.7. The van der Waals surface area contributed by atoms with E-state index in [1.807, 2.05) is 48.5 Å². The van der Waals surface area contributed by atoms with Gasteiger partial charge in [-0.25, -0.2) is 14.8 Å². The van der Waals surface area contributed by atoms with Crippen molar-refractivity contribution < 1.29 is 43.3 Å². The number of benzene rings is 2. The number of para-hydroxylation sites is 2. The number of nitrogens with one attached hydrogen (secondary N) is 3. The predicted octanol–water partition coefficient (Wildman–Crippen LogP) is 3.85. The number of esters is 2. The maximum atomic E-state index is 12.6. The summed E-state index contributed by atoms with van der Waals surface area (Å²) in [4.78, 5) is 82.4. The first-order valence-corrected chi connectivity index (χ1v) is 15.8. The molecule has 0 atom stereocenters.